The molecule has 0 amide bonds. The van der Waals surface area contributed by atoms with Crippen LogP contribution in [0.4, 0.5) is 4.39 Å². The predicted octanol–water partition coefficient (Wildman–Crippen LogP) is 3.38. The SMILES string of the molecule is CC(C)(C(O)Cc1ccc(F)cc1)N1CCCCCC1. The Kier molecular flexibility index (Phi) is 5.17. The van der Waals surface area contributed by atoms with Gasteiger partial charge in [0.05, 0.1) is 6.10 Å². The molecule has 0 bridgehead atoms. The zero-order valence-corrected chi connectivity index (χ0v) is 12.6. The third-order valence-corrected chi connectivity index (χ3v) is 4.58. The third kappa shape index (κ3) is 3.80. The predicted molar refractivity (Wildman–Crippen MR) is 80.2 cm³/mol. The lowest BCUT2D eigenvalue weighted by molar-refractivity contribution is -0.00786. The van der Waals surface area contributed by atoms with Crippen molar-refractivity contribution in [3.8, 4) is 0 Å². The van der Waals surface area contributed by atoms with Gasteiger partial charge in [-0.05, 0) is 57.5 Å². The summed E-state index contributed by atoms with van der Waals surface area (Å²) in [5.41, 5.74) is 0.750. The van der Waals surface area contributed by atoms with E-state index in [0.29, 0.717) is 6.42 Å². The molecule has 1 atom stereocenters. The second-order valence-electron chi connectivity index (χ2n) is 6.40. The van der Waals surface area contributed by atoms with Crippen LogP contribution in [0.15, 0.2) is 24.3 Å². The van der Waals surface area contributed by atoms with Crippen LogP contribution in [0.25, 0.3) is 0 Å². The van der Waals surface area contributed by atoms with E-state index in [9.17, 15) is 9.50 Å². The van der Waals surface area contributed by atoms with Crippen molar-refractivity contribution in [3.63, 3.8) is 0 Å². The van der Waals surface area contributed by atoms with Gasteiger partial charge in [-0.1, -0.05) is 25.0 Å². The number of halogens is 1. The van der Waals surface area contributed by atoms with Gasteiger partial charge in [-0.15, -0.1) is 0 Å². The number of aliphatic hydroxyl groups excluding tert-OH is 1. The van der Waals surface area contributed by atoms with Gasteiger partial charge >= 0.3 is 0 Å². The summed E-state index contributed by atoms with van der Waals surface area (Å²) < 4.78 is 12.9. The normalized spacial score (nSPS) is 19.6. The summed E-state index contributed by atoms with van der Waals surface area (Å²) in [6.07, 6.45) is 5.15. The van der Waals surface area contributed by atoms with Gasteiger partial charge in [0, 0.05) is 12.0 Å². The van der Waals surface area contributed by atoms with E-state index in [0.717, 1.165) is 18.7 Å². The molecule has 1 aromatic carbocycles. The van der Waals surface area contributed by atoms with E-state index in [1.807, 2.05) is 0 Å². The molecule has 112 valence electrons. The van der Waals surface area contributed by atoms with Gasteiger partial charge in [0.25, 0.3) is 0 Å². The minimum absolute atomic E-state index is 0.227. The van der Waals surface area contributed by atoms with Crippen molar-refractivity contribution < 1.29 is 9.50 Å². The van der Waals surface area contributed by atoms with Gasteiger partial charge in [0.2, 0.25) is 0 Å². The largest absolute Gasteiger partial charge is 0.391 e. The van der Waals surface area contributed by atoms with Crippen LogP contribution in [-0.4, -0.2) is 34.7 Å². The van der Waals surface area contributed by atoms with Crippen molar-refractivity contribution in [2.45, 2.75) is 57.6 Å². The number of hydrogen-bond donors (Lipinski definition) is 1. The topological polar surface area (TPSA) is 23.5 Å². The summed E-state index contributed by atoms with van der Waals surface area (Å²) in [4.78, 5) is 2.41. The zero-order chi connectivity index (χ0) is 14.6. The van der Waals surface area contributed by atoms with Crippen LogP contribution in [0.5, 0.6) is 0 Å². The monoisotopic (exact) mass is 279 g/mol. The minimum Gasteiger partial charge on any atom is -0.391 e. The fourth-order valence-corrected chi connectivity index (χ4v) is 2.95. The van der Waals surface area contributed by atoms with E-state index < -0.39 is 6.10 Å². The van der Waals surface area contributed by atoms with Gasteiger partial charge in [0.1, 0.15) is 5.82 Å². The van der Waals surface area contributed by atoms with E-state index in [4.69, 9.17) is 0 Å². The Bertz CT molecular complexity index is 408. The molecule has 1 heterocycles. The van der Waals surface area contributed by atoms with Crippen LogP contribution >= 0.6 is 0 Å². The number of likely N-dealkylation sites (tertiary alicyclic amines) is 1. The maximum atomic E-state index is 12.9. The lowest BCUT2D eigenvalue weighted by atomic mass is 9.89. The van der Waals surface area contributed by atoms with Crippen LogP contribution in [0.1, 0.15) is 45.1 Å². The quantitative estimate of drug-likeness (QED) is 0.913. The maximum absolute atomic E-state index is 12.9. The lowest BCUT2D eigenvalue weighted by Gasteiger charge is -2.41. The number of hydrogen-bond acceptors (Lipinski definition) is 2. The van der Waals surface area contributed by atoms with Crippen LogP contribution < -0.4 is 0 Å². The highest BCUT2D eigenvalue weighted by Crippen LogP contribution is 2.25. The molecule has 1 aliphatic heterocycles. The molecule has 3 heteroatoms. The Morgan fingerprint density at radius 3 is 2.20 bits per heavy atom. The number of benzene rings is 1. The molecule has 1 fully saturated rings. The average Bonchev–Trinajstić information content (AvgIpc) is 2.70. The molecule has 1 unspecified atom stereocenters. The fourth-order valence-electron chi connectivity index (χ4n) is 2.95. The summed E-state index contributed by atoms with van der Waals surface area (Å²) >= 11 is 0. The molecule has 1 saturated heterocycles. The molecule has 0 spiro atoms. The number of aliphatic hydroxyl groups is 1. The van der Waals surface area contributed by atoms with E-state index in [-0.39, 0.29) is 11.4 Å². The summed E-state index contributed by atoms with van der Waals surface area (Å²) in [7, 11) is 0. The van der Waals surface area contributed by atoms with Crippen molar-refractivity contribution in [3.05, 3.63) is 35.6 Å². The Hall–Kier alpha value is -0.930. The second kappa shape index (κ2) is 6.68. The summed E-state index contributed by atoms with van der Waals surface area (Å²) in [5, 5.41) is 10.6. The smallest absolute Gasteiger partial charge is 0.123 e. The maximum Gasteiger partial charge on any atom is 0.123 e. The van der Waals surface area contributed by atoms with Crippen molar-refractivity contribution in [2.75, 3.05) is 13.1 Å². The zero-order valence-electron chi connectivity index (χ0n) is 12.6. The second-order valence-corrected chi connectivity index (χ2v) is 6.40. The van der Waals surface area contributed by atoms with Crippen molar-refractivity contribution >= 4 is 0 Å². The standard InChI is InChI=1S/C17H26FNO/c1-17(2,19-11-5-3-4-6-12-19)16(20)13-14-7-9-15(18)10-8-14/h7-10,16,20H,3-6,11-13H2,1-2H3. The molecule has 0 saturated carbocycles. The number of rotatable bonds is 4. The molecule has 0 aliphatic carbocycles. The van der Waals surface area contributed by atoms with Gasteiger partial charge in [-0.3, -0.25) is 4.90 Å². The molecule has 1 N–H and O–H groups in total. The Morgan fingerprint density at radius 2 is 1.65 bits per heavy atom. The van der Waals surface area contributed by atoms with E-state index in [1.54, 1.807) is 12.1 Å². The van der Waals surface area contributed by atoms with Crippen molar-refractivity contribution in [1.29, 1.82) is 0 Å². The molecule has 2 rings (SSSR count). The minimum atomic E-state index is -0.439. The summed E-state index contributed by atoms with van der Waals surface area (Å²) in [6.45, 7) is 6.36. The van der Waals surface area contributed by atoms with Gasteiger partial charge in [0.15, 0.2) is 0 Å². The Labute approximate surface area is 121 Å². The molecular formula is C17H26FNO. The van der Waals surface area contributed by atoms with Crippen molar-refractivity contribution in [2.24, 2.45) is 0 Å². The molecular weight excluding hydrogens is 253 g/mol. The molecule has 20 heavy (non-hydrogen) atoms. The van der Waals surface area contributed by atoms with Crippen LogP contribution in [0, 0.1) is 5.82 Å². The van der Waals surface area contributed by atoms with Gasteiger partial charge in [-0.25, -0.2) is 4.39 Å². The van der Waals surface area contributed by atoms with Crippen LogP contribution in [0.3, 0.4) is 0 Å². The third-order valence-electron chi connectivity index (χ3n) is 4.58. The fraction of sp³-hybridized carbons (Fsp3) is 0.647. The Balaban J connectivity index is 2.01. The lowest BCUT2D eigenvalue weighted by Crippen LogP contribution is -2.53. The molecule has 2 nitrogen and oxygen atoms in total. The Morgan fingerprint density at radius 1 is 1.10 bits per heavy atom. The van der Waals surface area contributed by atoms with Crippen molar-refractivity contribution in [1.82, 2.24) is 4.90 Å². The first kappa shape index (κ1) is 15.5. The van der Waals surface area contributed by atoms with E-state index >= 15 is 0 Å². The first-order valence-electron chi connectivity index (χ1n) is 7.68. The summed E-state index contributed by atoms with van der Waals surface area (Å²) in [6, 6.07) is 6.44. The van der Waals surface area contributed by atoms with Gasteiger partial charge < -0.3 is 5.11 Å². The van der Waals surface area contributed by atoms with Crippen LogP contribution in [0.2, 0.25) is 0 Å². The van der Waals surface area contributed by atoms with E-state index in [2.05, 4.69) is 18.7 Å². The summed E-state index contributed by atoms with van der Waals surface area (Å²) in [5.74, 6) is -0.227. The molecule has 0 aromatic heterocycles. The highest BCUT2D eigenvalue weighted by Gasteiger charge is 2.34. The average molecular weight is 279 g/mol. The molecule has 1 aromatic rings. The number of nitrogens with zero attached hydrogens (tertiary/aromatic N) is 1. The molecule has 0 radical (unpaired) electrons. The first-order valence-corrected chi connectivity index (χ1v) is 7.68. The van der Waals surface area contributed by atoms with Crippen LogP contribution in [-0.2, 0) is 6.42 Å². The highest BCUT2D eigenvalue weighted by atomic mass is 19.1. The first-order chi connectivity index (χ1) is 9.50. The van der Waals surface area contributed by atoms with E-state index in [1.165, 1.54) is 37.8 Å². The van der Waals surface area contributed by atoms with Gasteiger partial charge in [-0.2, -0.15) is 0 Å². The molecule has 1 aliphatic rings. The highest BCUT2D eigenvalue weighted by molar-refractivity contribution is 5.17.